The molecule has 20 heavy (non-hydrogen) atoms. The van der Waals surface area contributed by atoms with Crippen LogP contribution >= 0.6 is 54.8 Å². The second-order valence-corrected chi connectivity index (χ2v) is 8.04. The predicted octanol–water partition coefficient (Wildman–Crippen LogP) is 5.76. The number of carbonyl (C=O) groups excluding carboxylic acids is 1. The van der Waals surface area contributed by atoms with E-state index in [0.29, 0.717) is 9.90 Å². The van der Waals surface area contributed by atoms with Gasteiger partial charge in [0.1, 0.15) is 0 Å². The summed E-state index contributed by atoms with van der Waals surface area (Å²) < 4.78 is 1.83. The van der Waals surface area contributed by atoms with Gasteiger partial charge in [-0.15, -0.1) is 11.3 Å². The summed E-state index contributed by atoms with van der Waals surface area (Å²) in [6, 6.07) is 9.38. The maximum Gasteiger partial charge on any atom is 0.264 e. The zero-order valence-electron chi connectivity index (χ0n) is 10.9. The minimum atomic E-state index is -0.0144. The van der Waals surface area contributed by atoms with Gasteiger partial charge in [-0.2, -0.15) is 0 Å². The van der Waals surface area contributed by atoms with Crippen molar-refractivity contribution in [2.45, 2.75) is 13.0 Å². The molecule has 0 aliphatic heterocycles. The van der Waals surface area contributed by atoms with Crippen LogP contribution < -0.4 is 0 Å². The molecule has 0 saturated heterocycles. The highest BCUT2D eigenvalue weighted by atomic mass is 79.9. The third-order valence-corrected chi connectivity index (χ3v) is 6.61. The average molecular weight is 438 g/mol. The zero-order chi connectivity index (χ0) is 14.9. The molecule has 1 unspecified atom stereocenters. The lowest BCUT2D eigenvalue weighted by atomic mass is 10.1. The molecule has 0 bridgehead atoms. The molecule has 2 rings (SSSR count). The lowest BCUT2D eigenvalue weighted by Crippen LogP contribution is -2.29. The van der Waals surface area contributed by atoms with Crippen LogP contribution in [-0.4, -0.2) is 17.9 Å². The monoisotopic (exact) mass is 435 g/mol. The van der Waals surface area contributed by atoms with E-state index in [0.717, 1.165) is 13.8 Å². The van der Waals surface area contributed by atoms with E-state index >= 15 is 0 Å². The molecule has 0 fully saturated rings. The summed E-state index contributed by atoms with van der Waals surface area (Å²) in [5, 5.41) is 0.695. The van der Waals surface area contributed by atoms with Crippen LogP contribution in [0.15, 0.2) is 38.6 Å². The second kappa shape index (κ2) is 6.60. The quantitative estimate of drug-likeness (QED) is 0.598. The van der Waals surface area contributed by atoms with Crippen molar-refractivity contribution in [3.8, 4) is 0 Å². The molecule has 1 atom stereocenters. The fourth-order valence-electron chi connectivity index (χ4n) is 1.77. The van der Waals surface area contributed by atoms with Crippen molar-refractivity contribution in [1.29, 1.82) is 0 Å². The molecule has 106 valence electrons. The van der Waals surface area contributed by atoms with Gasteiger partial charge in [0.15, 0.2) is 0 Å². The van der Waals surface area contributed by atoms with Crippen LogP contribution in [0.25, 0.3) is 0 Å². The molecule has 1 aromatic carbocycles. The van der Waals surface area contributed by atoms with Crippen LogP contribution in [0.4, 0.5) is 0 Å². The highest BCUT2D eigenvalue weighted by Gasteiger charge is 2.21. The lowest BCUT2D eigenvalue weighted by Gasteiger charge is -2.24. The van der Waals surface area contributed by atoms with E-state index in [1.807, 2.05) is 44.3 Å². The van der Waals surface area contributed by atoms with E-state index in [-0.39, 0.29) is 11.9 Å². The number of hydrogen-bond donors (Lipinski definition) is 0. The van der Waals surface area contributed by atoms with E-state index in [1.54, 1.807) is 4.90 Å². The van der Waals surface area contributed by atoms with Crippen molar-refractivity contribution in [1.82, 2.24) is 4.90 Å². The lowest BCUT2D eigenvalue weighted by molar-refractivity contribution is 0.0747. The Balaban J connectivity index is 2.19. The Labute approximate surface area is 144 Å². The van der Waals surface area contributed by atoms with E-state index in [4.69, 9.17) is 11.6 Å². The summed E-state index contributed by atoms with van der Waals surface area (Å²) in [5.74, 6) is 0.00356. The van der Waals surface area contributed by atoms with Crippen LogP contribution in [0.5, 0.6) is 0 Å². The van der Waals surface area contributed by atoms with Gasteiger partial charge >= 0.3 is 0 Å². The Morgan fingerprint density at radius 1 is 1.30 bits per heavy atom. The Kier molecular flexibility index (Phi) is 5.29. The van der Waals surface area contributed by atoms with E-state index in [9.17, 15) is 4.79 Å². The Bertz CT molecular complexity index is 607. The summed E-state index contributed by atoms with van der Waals surface area (Å²) in [7, 11) is 1.81. The van der Waals surface area contributed by atoms with E-state index in [2.05, 4.69) is 31.9 Å². The van der Waals surface area contributed by atoms with Crippen LogP contribution in [-0.2, 0) is 0 Å². The number of rotatable bonds is 3. The molecular weight excluding hydrogens is 425 g/mol. The fourth-order valence-corrected chi connectivity index (χ4v) is 3.91. The predicted molar refractivity (Wildman–Crippen MR) is 91.7 cm³/mol. The molecule has 1 amide bonds. The average Bonchev–Trinajstić information content (AvgIpc) is 2.77. The van der Waals surface area contributed by atoms with Crippen molar-refractivity contribution in [2.24, 2.45) is 0 Å². The van der Waals surface area contributed by atoms with Crippen LogP contribution in [0.1, 0.15) is 28.2 Å². The molecule has 2 nitrogen and oxygen atoms in total. The molecule has 0 N–H and O–H groups in total. The molecule has 1 aromatic heterocycles. The summed E-state index contributed by atoms with van der Waals surface area (Å²) in [5.41, 5.74) is 1.06. The minimum absolute atomic E-state index is 0.00356. The number of benzene rings is 1. The standard InChI is InChI=1S/C14H12Br2ClNOS/c1-8(9-3-5-10(17)6-4-9)18(2)14(19)12-7-11(15)13(16)20-12/h3-8H,1-2H3. The van der Waals surface area contributed by atoms with Gasteiger partial charge in [0.2, 0.25) is 0 Å². The van der Waals surface area contributed by atoms with Crippen molar-refractivity contribution in [2.75, 3.05) is 7.05 Å². The van der Waals surface area contributed by atoms with Gasteiger partial charge in [0.25, 0.3) is 5.91 Å². The first-order valence-corrected chi connectivity index (χ1v) is 8.65. The highest BCUT2D eigenvalue weighted by Crippen LogP contribution is 2.34. The zero-order valence-corrected chi connectivity index (χ0v) is 15.6. The van der Waals surface area contributed by atoms with Gasteiger partial charge in [0, 0.05) is 16.5 Å². The van der Waals surface area contributed by atoms with Crippen LogP contribution in [0.3, 0.4) is 0 Å². The van der Waals surface area contributed by atoms with Crippen molar-refractivity contribution < 1.29 is 4.79 Å². The summed E-state index contributed by atoms with van der Waals surface area (Å²) in [6.45, 7) is 2.00. The van der Waals surface area contributed by atoms with Gasteiger partial charge in [-0.25, -0.2) is 0 Å². The molecule has 0 radical (unpaired) electrons. The Morgan fingerprint density at radius 3 is 2.40 bits per heavy atom. The first kappa shape index (κ1) is 16.0. The maximum atomic E-state index is 12.5. The van der Waals surface area contributed by atoms with Gasteiger partial charge in [-0.3, -0.25) is 4.79 Å². The number of hydrogen-bond acceptors (Lipinski definition) is 2. The van der Waals surface area contributed by atoms with Gasteiger partial charge in [-0.1, -0.05) is 23.7 Å². The summed E-state index contributed by atoms with van der Waals surface area (Å²) in [4.78, 5) is 14.9. The normalized spacial score (nSPS) is 12.2. The Hall–Kier alpha value is -0.360. The topological polar surface area (TPSA) is 20.3 Å². The SMILES string of the molecule is CC(c1ccc(Cl)cc1)N(C)C(=O)c1cc(Br)c(Br)s1. The highest BCUT2D eigenvalue weighted by molar-refractivity contribution is 9.13. The molecular formula is C14H12Br2ClNOS. The fraction of sp³-hybridized carbons (Fsp3) is 0.214. The van der Waals surface area contributed by atoms with Crippen molar-refractivity contribution in [3.63, 3.8) is 0 Å². The largest absolute Gasteiger partial charge is 0.334 e. The van der Waals surface area contributed by atoms with Crippen molar-refractivity contribution in [3.05, 3.63) is 54.1 Å². The molecule has 0 saturated carbocycles. The first-order chi connectivity index (χ1) is 9.40. The van der Waals surface area contributed by atoms with Gasteiger partial charge < -0.3 is 4.90 Å². The first-order valence-electron chi connectivity index (χ1n) is 5.87. The molecule has 0 spiro atoms. The number of halogens is 3. The smallest absolute Gasteiger partial charge is 0.264 e. The van der Waals surface area contributed by atoms with E-state index < -0.39 is 0 Å². The number of carbonyl (C=O) groups is 1. The molecule has 0 aliphatic rings. The maximum absolute atomic E-state index is 12.5. The van der Waals surface area contributed by atoms with Gasteiger partial charge in [-0.05, 0) is 62.5 Å². The third-order valence-electron chi connectivity index (χ3n) is 3.11. The molecule has 0 aliphatic carbocycles. The minimum Gasteiger partial charge on any atom is -0.334 e. The van der Waals surface area contributed by atoms with Crippen molar-refractivity contribution >= 4 is 60.7 Å². The summed E-state index contributed by atoms with van der Waals surface area (Å²) >= 11 is 14.1. The van der Waals surface area contributed by atoms with E-state index in [1.165, 1.54) is 11.3 Å². The van der Waals surface area contributed by atoms with Gasteiger partial charge in [0.05, 0.1) is 14.7 Å². The number of amides is 1. The molecule has 6 heteroatoms. The second-order valence-electron chi connectivity index (χ2n) is 4.38. The number of thiophene rings is 1. The third kappa shape index (κ3) is 3.45. The summed E-state index contributed by atoms with van der Waals surface area (Å²) in [6.07, 6.45) is 0. The molecule has 1 heterocycles. The number of nitrogens with zero attached hydrogens (tertiary/aromatic N) is 1. The Morgan fingerprint density at radius 2 is 1.90 bits per heavy atom. The molecule has 2 aromatic rings. The van der Waals surface area contributed by atoms with Crippen LogP contribution in [0.2, 0.25) is 5.02 Å². The van der Waals surface area contributed by atoms with Crippen LogP contribution in [0, 0.1) is 0 Å².